The highest BCUT2D eigenvalue weighted by molar-refractivity contribution is 7.80. The molecule has 2 aromatic carbocycles. The van der Waals surface area contributed by atoms with Gasteiger partial charge in [-0.1, -0.05) is 12.1 Å². The molecule has 2 rings (SSSR count). The molecule has 130 valence electrons. The molecule has 0 aliphatic heterocycles. The highest BCUT2D eigenvalue weighted by Gasteiger charge is 2.17. The van der Waals surface area contributed by atoms with Crippen LogP contribution in [-0.2, 0) is 0 Å². The predicted octanol–water partition coefficient (Wildman–Crippen LogP) is 3.18. The molecule has 25 heavy (non-hydrogen) atoms. The lowest BCUT2D eigenvalue weighted by molar-refractivity contribution is -0.387. The molecule has 0 unspecified atom stereocenters. The molecule has 2 aromatic rings. The fourth-order valence-corrected chi connectivity index (χ4v) is 2.38. The largest absolute Gasteiger partial charge is 0.496 e. The molecule has 0 spiro atoms. The van der Waals surface area contributed by atoms with Gasteiger partial charge in [-0.3, -0.25) is 20.2 Å². The van der Waals surface area contributed by atoms with Crippen molar-refractivity contribution in [1.29, 1.82) is 0 Å². The fourth-order valence-electron chi connectivity index (χ4n) is 2.17. The van der Waals surface area contributed by atoms with Gasteiger partial charge < -0.3 is 10.1 Å². The molecule has 0 aliphatic rings. The Morgan fingerprint density at radius 1 is 1.32 bits per heavy atom. The Morgan fingerprint density at radius 2 is 2.04 bits per heavy atom. The number of nitro groups is 1. The molecule has 0 aliphatic carbocycles. The van der Waals surface area contributed by atoms with Crippen LogP contribution in [0.4, 0.5) is 15.8 Å². The Labute approximate surface area is 148 Å². The molecule has 7 nitrogen and oxygen atoms in total. The molecular formula is C16H14FN3O4S. The summed E-state index contributed by atoms with van der Waals surface area (Å²) >= 11 is 5.02. The Bertz CT molecular complexity index is 857. The number of hydrogen-bond acceptors (Lipinski definition) is 5. The van der Waals surface area contributed by atoms with E-state index >= 15 is 0 Å². The first-order valence-electron chi connectivity index (χ1n) is 7.03. The zero-order chi connectivity index (χ0) is 18.6. The van der Waals surface area contributed by atoms with Gasteiger partial charge in [0.05, 0.1) is 17.6 Å². The third kappa shape index (κ3) is 4.27. The van der Waals surface area contributed by atoms with E-state index in [-0.39, 0.29) is 16.4 Å². The molecule has 0 radical (unpaired) electrons. The monoisotopic (exact) mass is 363 g/mol. The predicted molar refractivity (Wildman–Crippen MR) is 94.5 cm³/mol. The zero-order valence-corrected chi connectivity index (χ0v) is 14.1. The SMILES string of the molecule is COc1c(C)cccc1C(=O)NC(=S)Nc1ccc(F)c([N+](=O)[O-])c1. The van der Waals surface area contributed by atoms with Crippen LogP contribution in [0.2, 0.25) is 0 Å². The number of carbonyl (C=O) groups excluding carboxylic acids is 1. The van der Waals surface area contributed by atoms with Crippen LogP contribution in [0.5, 0.6) is 5.75 Å². The second-order valence-electron chi connectivity index (χ2n) is 4.99. The number of hydrogen-bond donors (Lipinski definition) is 2. The number of para-hydroxylation sites is 1. The van der Waals surface area contributed by atoms with Crippen molar-refractivity contribution in [3.8, 4) is 5.75 Å². The van der Waals surface area contributed by atoms with Gasteiger partial charge in [0, 0.05) is 11.8 Å². The van der Waals surface area contributed by atoms with Crippen LogP contribution in [0.15, 0.2) is 36.4 Å². The van der Waals surface area contributed by atoms with Crippen LogP contribution in [0.25, 0.3) is 0 Å². The normalized spacial score (nSPS) is 10.0. The third-order valence-corrected chi connectivity index (χ3v) is 3.49. The topological polar surface area (TPSA) is 93.5 Å². The van der Waals surface area contributed by atoms with E-state index in [1.807, 2.05) is 0 Å². The lowest BCUT2D eigenvalue weighted by atomic mass is 10.1. The minimum absolute atomic E-state index is 0.0885. The molecule has 1 amide bonds. The number of halogens is 1. The second-order valence-corrected chi connectivity index (χ2v) is 5.40. The molecule has 9 heteroatoms. The number of ether oxygens (including phenoxy) is 1. The number of aryl methyl sites for hydroxylation is 1. The lowest BCUT2D eigenvalue weighted by Gasteiger charge is -2.13. The summed E-state index contributed by atoms with van der Waals surface area (Å²) in [5, 5.41) is 15.7. The first-order chi connectivity index (χ1) is 11.8. The van der Waals surface area contributed by atoms with Gasteiger partial charge in [-0.15, -0.1) is 0 Å². The molecule has 2 N–H and O–H groups in total. The first kappa shape index (κ1) is 18.3. The van der Waals surface area contributed by atoms with Gasteiger partial charge in [0.15, 0.2) is 5.11 Å². The van der Waals surface area contributed by atoms with E-state index < -0.39 is 22.3 Å². The Morgan fingerprint density at radius 3 is 2.68 bits per heavy atom. The molecule has 0 heterocycles. The van der Waals surface area contributed by atoms with E-state index in [0.29, 0.717) is 5.75 Å². The highest BCUT2D eigenvalue weighted by atomic mass is 32.1. The van der Waals surface area contributed by atoms with Crippen molar-refractivity contribution < 1.29 is 18.8 Å². The van der Waals surface area contributed by atoms with E-state index in [4.69, 9.17) is 17.0 Å². The van der Waals surface area contributed by atoms with Crippen molar-refractivity contribution >= 4 is 34.6 Å². The van der Waals surface area contributed by atoms with Crippen molar-refractivity contribution in [3.63, 3.8) is 0 Å². The summed E-state index contributed by atoms with van der Waals surface area (Å²) in [5.41, 5.74) is 0.550. The Balaban J connectivity index is 2.13. The Kier molecular flexibility index (Phi) is 5.60. The van der Waals surface area contributed by atoms with E-state index in [2.05, 4.69) is 10.6 Å². The van der Waals surface area contributed by atoms with Gasteiger partial charge in [-0.05, 0) is 42.9 Å². The number of rotatable bonds is 4. The maximum absolute atomic E-state index is 13.3. The van der Waals surface area contributed by atoms with E-state index in [9.17, 15) is 19.3 Å². The number of carbonyl (C=O) groups is 1. The molecule has 0 saturated heterocycles. The van der Waals surface area contributed by atoms with Gasteiger partial charge in [-0.2, -0.15) is 4.39 Å². The summed E-state index contributed by atoms with van der Waals surface area (Å²) < 4.78 is 18.5. The summed E-state index contributed by atoms with van der Waals surface area (Å²) in [6.07, 6.45) is 0. The molecular weight excluding hydrogens is 349 g/mol. The van der Waals surface area contributed by atoms with Crippen molar-refractivity contribution in [3.05, 3.63) is 63.5 Å². The smallest absolute Gasteiger partial charge is 0.306 e. The van der Waals surface area contributed by atoms with Crippen molar-refractivity contribution in [2.45, 2.75) is 6.92 Å². The molecule has 0 aromatic heterocycles. The molecule has 0 bridgehead atoms. The van der Waals surface area contributed by atoms with Crippen LogP contribution in [0, 0.1) is 22.9 Å². The minimum atomic E-state index is -0.963. The summed E-state index contributed by atoms with van der Waals surface area (Å²) in [6.45, 7) is 1.80. The van der Waals surface area contributed by atoms with Gasteiger partial charge in [-0.25, -0.2) is 0 Å². The highest BCUT2D eigenvalue weighted by Crippen LogP contribution is 2.23. The number of thiocarbonyl (C=S) groups is 1. The lowest BCUT2D eigenvalue weighted by Crippen LogP contribution is -2.34. The maximum Gasteiger partial charge on any atom is 0.306 e. The standard InChI is InChI=1S/C16H14FN3O4S/c1-9-4-3-5-11(14(9)24-2)15(21)19-16(25)18-10-6-7-12(17)13(8-10)20(22)23/h3-8H,1-2H3,(H2,18,19,21,25). The van der Waals surface area contributed by atoms with Crippen molar-refractivity contribution in [2.75, 3.05) is 12.4 Å². The number of nitrogens with zero attached hydrogens (tertiary/aromatic N) is 1. The van der Waals surface area contributed by atoms with Gasteiger partial charge in [0.25, 0.3) is 5.91 Å². The maximum atomic E-state index is 13.3. The summed E-state index contributed by atoms with van der Waals surface area (Å²) in [4.78, 5) is 22.2. The summed E-state index contributed by atoms with van der Waals surface area (Å²) in [5.74, 6) is -1.05. The number of anilines is 1. The number of benzene rings is 2. The summed E-state index contributed by atoms with van der Waals surface area (Å²) in [7, 11) is 1.45. The van der Waals surface area contributed by atoms with E-state index in [1.54, 1.807) is 25.1 Å². The molecule has 0 saturated carbocycles. The van der Waals surface area contributed by atoms with Gasteiger partial charge >= 0.3 is 5.69 Å². The second kappa shape index (κ2) is 7.67. The van der Waals surface area contributed by atoms with Crippen molar-refractivity contribution in [2.24, 2.45) is 0 Å². The van der Waals surface area contributed by atoms with Crippen LogP contribution in [0.1, 0.15) is 15.9 Å². The quantitative estimate of drug-likeness (QED) is 0.492. The first-order valence-corrected chi connectivity index (χ1v) is 7.44. The zero-order valence-electron chi connectivity index (χ0n) is 13.3. The molecule has 0 fully saturated rings. The van der Waals surface area contributed by atoms with Crippen LogP contribution < -0.4 is 15.4 Å². The summed E-state index contributed by atoms with van der Waals surface area (Å²) in [6, 6.07) is 8.27. The number of nitrogens with one attached hydrogen (secondary N) is 2. The van der Waals surface area contributed by atoms with Crippen LogP contribution in [-0.4, -0.2) is 23.1 Å². The van der Waals surface area contributed by atoms with E-state index in [1.165, 1.54) is 13.2 Å². The van der Waals surface area contributed by atoms with Crippen LogP contribution >= 0.6 is 12.2 Å². The third-order valence-electron chi connectivity index (χ3n) is 3.29. The average molecular weight is 363 g/mol. The van der Waals surface area contributed by atoms with Gasteiger partial charge in [0.1, 0.15) is 5.75 Å². The number of amides is 1. The number of methoxy groups -OCH3 is 1. The van der Waals surface area contributed by atoms with E-state index in [0.717, 1.165) is 17.7 Å². The van der Waals surface area contributed by atoms with Crippen LogP contribution in [0.3, 0.4) is 0 Å². The van der Waals surface area contributed by atoms with Crippen molar-refractivity contribution in [1.82, 2.24) is 5.32 Å². The minimum Gasteiger partial charge on any atom is -0.496 e. The Hall–Kier alpha value is -3.07. The van der Waals surface area contributed by atoms with Gasteiger partial charge in [0.2, 0.25) is 5.82 Å². The number of nitro benzene ring substituents is 1. The average Bonchev–Trinajstić information content (AvgIpc) is 2.55. The molecule has 0 atom stereocenters. The fraction of sp³-hybridized carbons (Fsp3) is 0.125.